The molecule has 0 aliphatic rings. The van der Waals surface area contributed by atoms with E-state index in [1.54, 1.807) is 23.1 Å². The smallest absolute Gasteiger partial charge is 0.108 e. The quantitative estimate of drug-likeness (QED) is 0.859. The number of hydrogen-bond donors (Lipinski definition) is 1. The van der Waals surface area contributed by atoms with Crippen LogP contribution in [0.3, 0.4) is 0 Å². The number of hydrogen-bond acceptors (Lipinski definition) is 4. The molecule has 0 radical (unpaired) electrons. The summed E-state index contributed by atoms with van der Waals surface area (Å²) in [5, 5.41) is 5.62. The van der Waals surface area contributed by atoms with E-state index >= 15 is 0 Å². The first-order valence-corrected chi connectivity index (χ1v) is 7.70. The monoisotopic (exact) mass is 285 g/mol. The van der Waals surface area contributed by atoms with Crippen LogP contribution in [0.15, 0.2) is 17.2 Å². The number of halogens is 1. The van der Waals surface area contributed by atoms with Gasteiger partial charge in [0.15, 0.2) is 0 Å². The maximum Gasteiger partial charge on any atom is 0.108 e. The van der Waals surface area contributed by atoms with Crippen molar-refractivity contribution in [1.82, 2.24) is 9.78 Å². The average Bonchev–Trinajstić information content (AvgIpc) is 2.93. The molecule has 2 heterocycles. The van der Waals surface area contributed by atoms with Gasteiger partial charge in [0.2, 0.25) is 0 Å². The Bertz CT molecular complexity index is 533. The van der Waals surface area contributed by atoms with Crippen LogP contribution in [0.2, 0.25) is 0 Å². The number of aromatic nitrogens is 2. The van der Waals surface area contributed by atoms with Crippen molar-refractivity contribution in [1.29, 1.82) is 0 Å². The van der Waals surface area contributed by atoms with E-state index in [2.05, 4.69) is 5.10 Å². The number of nitrogens with two attached hydrogens (primary N) is 1. The van der Waals surface area contributed by atoms with Crippen LogP contribution in [0.25, 0.3) is 10.6 Å². The van der Waals surface area contributed by atoms with E-state index in [4.69, 9.17) is 5.73 Å². The third-order valence-electron chi connectivity index (χ3n) is 2.72. The van der Waals surface area contributed by atoms with Gasteiger partial charge in [-0.05, 0) is 18.4 Å². The van der Waals surface area contributed by atoms with E-state index in [0.29, 0.717) is 13.0 Å². The molecule has 0 unspecified atom stereocenters. The molecular weight excluding hydrogens is 269 g/mol. The van der Waals surface area contributed by atoms with Gasteiger partial charge in [0.25, 0.3) is 0 Å². The molecule has 98 valence electrons. The number of alkyl halides is 1. The highest BCUT2D eigenvalue weighted by Crippen LogP contribution is 2.34. The Hall–Kier alpha value is -0.850. The minimum Gasteiger partial charge on any atom is -0.326 e. The highest BCUT2D eigenvalue weighted by molar-refractivity contribution is 7.98. The molecule has 0 amide bonds. The van der Waals surface area contributed by atoms with Crippen molar-refractivity contribution in [3.05, 3.63) is 22.6 Å². The average molecular weight is 285 g/mol. The zero-order chi connectivity index (χ0) is 13.1. The van der Waals surface area contributed by atoms with E-state index in [1.165, 1.54) is 0 Å². The van der Waals surface area contributed by atoms with Gasteiger partial charge in [0.05, 0.1) is 16.6 Å². The van der Waals surface area contributed by atoms with Gasteiger partial charge in [0, 0.05) is 30.5 Å². The number of aryl methyl sites for hydroxylation is 2. The zero-order valence-electron chi connectivity index (χ0n) is 10.4. The summed E-state index contributed by atoms with van der Waals surface area (Å²) in [6.07, 6.45) is 2.49. The fraction of sp³-hybridized carbons (Fsp3) is 0.417. The van der Waals surface area contributed by atoms with Crippen molar-refractivity contribution in [2.24, 2.45) is 12.8 Å². The minimum absolute atomic E-state index is 0.317. The van der Waals surface area contributed by atoms with Crippen LogP contribution in [0.4, 0.5) is 4.39 Å². The predicted molar refractivity (Wildman–Crippen MR) is 75.9 cm³/mol. The summed E-state index contributed by atoms with van der Waals surface area (Å²) in [6, 6.07) is 3.97. The summed E-state index contributed by atoms with van der Waals surface area (Å²) in [7, 11) is 1.92. The summed E-state index contributed by atoms with van der Waals surface area (Å²) in [4.78, 5) is 2.11. The van der Waals surface area contributed by atoms with Crippen LogP contribution in [-0.4, -0.2) is 22.7 Å². The topological polar surface area (TPSA) is 43.8 Å². The van der Waals surface area contributed by atoms with Crippen LogP contribution < -0.4 is 5.73 Å². The van der Waals surface area contributed by atoms with Crippen molar-refractivity contribution in [3.8, 4) is 10.6 Å². The Morgan fingerprint density at radius 1 is 1.50 bits per heavy atom. The molecule has 0 bridgehead atoms. The van der Waals surface area contributed by atoms with Crippen molar-refractivity contribution >= 4 is 23.1 Å². The lowest BCUT2D eigenvalue weighted by molar-refractivity contribution is 0.497. The number of thiophene rings is 1. The van der Waals surface area contributed by atoms with Gasteiger partial charge in [-0.2, -0.15) is 5.10 Å². The highest BCUT2D eigenvalue weighted by atomic mass is 32.2. The maximum absolute atomic E-state index is 12.3. The summed E-state index contributed by atoms with van der Waals surface area (Å²) < 4.78 is 14.2. The molecule has 2 rings (SSSR count). The van der Waals surface area contributed by atoms with Gasteiger partial charge in [-0.1, -0.05) is 0 Å². The van der Waals surface area contributed by atoms with Crippen LogP contribution in [-0.2, 0) is 20.0 Å². The highest BCUT2D eigenvalue weighted by Gasteiger charge is 2.17. The molecule has 0 aliphatic carbocycles. The van der Waals surface area contributed by atoms with E-state index in [9.17, 15) is 4.39 Å². The van der Waals surface area contributed by atoms with Crippen LogP contribution >= 0.6 is 23.1 Å². The summed E-state index contributed by atoms with van der Waals surface area (Å²) >= 11 is 3.24. The van der Waals surface area contributed by atoms with Crippen LogP contribution in [0.1, 0.15) is 10.4 Å². The SMILES string of the molecule is CSc1c(CN)c(-c2ccc(CCF)s2)nn1C. The first-order chi connectivity index (χ1) is 8.71. The van der Waals surface area contributed by atoms with Gasteiger partial charge in [-0.3, -0.25) is 9.07 Å². The van der Waals surface area contributed by atoms with Gasteiger partial charge >= 0.3 is 0 Å². The second kappa shape index (κ2) is 5.86. The summed E-state index contributed by atoms with van der Waals surface area (Å²) in [6.45, 7) is 0.150. The molecular formula is C12H16FN3S2. The number of nitrogens with zero attached hydrogens (tertiary/aromatic N) is 2. The molecule has 0 spiro atoms. The third-order valence-corrected chi connectivity index (χ3v) is 4.77. The third kappa shape index (κ3) is 2.46. The second-order valence-electron chi connectivity index (χ2n) is 3.87. The fourth-order valence-electron chi connectivity index (χ4n) is 1.92. The standard InChI is InChI=1S/C12H16FN3S2/c1-16-12(17-2)9(7-14)11(15-16)10-4-3-8(18-10)5-6-13/h3-4H,5-7,14H2,1-2H3. The first-order valence-electron chi connectivity index (χ1n) is 5.66. The Morgan fingerprint density at radius 3 is 2.89 bits per heavy atom. The van der Waals surface area contributed by atoms with E-state index < -0.39 is 0 Å². The Labute approximate surface area is 114 Å². The minimum atomic E-state index is -0.317. The molecule has 0 aliphatic heterocycles. The van der Waals surface area contributed by atoms with Gasteiger partial charge in [0.1, 0.15) is 5.69 Å². The Kier molecular flexibility index (Phi) is 4.42. The molecule has 2 aromatic rings. The number of rotatable bonds is 5. The summed E-state index contributed by atoms with van der Waals surface area (Å²) in [5.41, 5.74) is 7.82. The van der Waals surface area contributed by atoms with Crippen molar-refractivity contribution in [2.45, 2.75) is 18.0 Å². The van der Waals surface area contributed by atoms with E-state index in [1.807, 2.05) is 30.1 Å². The molecule has 0 saturated carbocycles. The van der Waals surface area contributed by atoms with Crippen molar-refractivity contribution in [3.63, 3.8) is 0 Å². The predicted octanol–water partition coefficient (Wildman–Crippen LogP) is 2.84. The zero-order valence-corrected chi connectivity index (χ0v) is 12.1. The Balaban J connectivity index is 2.42. The molecule has 0 saturated heterocycles. The molecule has 0 atom stereocenters. The molecule has 6 heteroatoms. The van der Waals surface area contributed by atoms with Crippen LogP contribution in [0, 0.1) is 0 Å². The molecule has 0 aromatic carbocycles. The van der Waals surface area contributed by atoms with E-state index in [-0.39, 0.29) is 6.67 Å². The molecule has 3 nitrogen and oxygen atoms in total. The molecule has 2 aromatic heterocycles. The lowest BCUT2D eigenvalue weighted by Gasteiger charge is -2.00. The molecule has 0 fully saturated rings. The largest absolute Gasteiger partial charge is 0.326 e. The lowest BCUT2D eigenvalue weighted by atomic mass is 10.2. The normalized spacial score (nSPS) is 11.1. The van der Waals surface area contributed by atoms with Gasteiger partial charge in [-0.15, -0.1) is 23.1 Å². The fourth-order valence-corrected chi connectivity index (χ4v) is 3.65. The second-order valence-corrected chi connectivity index (χ2v) is 5.83. The summed E-state index contributed by atoms with van der Waals surface area (Å²) in [5.74, 6) is 0. The van der Waals surface area contributed by atoms with Gasteiger partial charge < -0.3 is 5.73 Å². The molecule has 2 N–H and O–H groups in total. The number of thioether (sulfide) groups is 1. The Morgan fingerprint density at radius 2 is 2.28 bits per heavy atom. The first kappa shape index (κ1) is 13.6. The van der Waals surface area contributed by atoms with Crippen molar-refractivity contribution < 1.29 is 4.39 Å². The van der Waals surface area contributed by atoms with Crippen molar-refractivity contribution in [2.75, 3.05) is 12.9 Å². The lowest BCUT2D eigenvalue weighted by Crippen LogP contribution is -1.99. The molecule has 18 heavy (non-hydrogen) atoms. The van der Waals surface area contributed by atoms with Gasteiger partial charge in [-0.25, -0.2) is 0 Å². The van der Waals surface area contributed by atoms with Crippen LogP contribution in [0.5, 0.6) is 0 Å². The van der Waals surface area contributed by atoms with E-state index in [0.717, 1.165) is 26.0 Å². The maximum atomic E-state index is 12.3.